The van der Waals surface area contributed by atoms with Gasteiger partial charge in [-0.1, -0.05) is 61.5 Å². The molecule has 0 saturated carbocycles. The van der Waals surface area contributed by atoms with Crippen LogP contribution in [-0.2, 0) is 29.0 Å². The summed E-state index contributed by atoms with van der Waals surface area (Å²) in [4.78, 5) is 28.5. The van der Waals surface area contributed by atoms with E-state index >= 15 is 0 Å². The fraction of sp³-hybridized carbons (Fsp3) is 0.286. The summed E-state index contributed by atoms with van der Waals surface area (Å²) in [6, 6.07) is 20.3. The average Bonchev–Trinajstić information content (AvgIpc) is 2.84. The molecule has 2 unspecified atom stereocenters. The number of carbonyl (C=O) groups excluding carboxylic acids is 2. The number of halogens is 2. The maximum atomic E-state index is 13.5. The van der Waals surface area contributed by atoms with Crippen molar-refractivity contribution >= 4 is 11.8 Å². The number of nitrogens with one attached hydrogen (secondary N) is 1. The number of carbonyl (C=O) groups is 2. The van der Waals surface area contributed by atoms with E-state index in [0.717, 1.165) is 12.0 Å². The van der Waals surface area contributed by atoms with Crippen LogP contribution in [0.2, 0.25) is 0 Å². The van der Waals surface area contributed by atoms with Crippen LogP contribution in [0, 0.1) is 11.6 Å². The van der Waals surface area contributed by atoms with E-state index in [2.05, 4.69) is 5.32 Å². The van der Waals surface area contributed by atoms with Crippen LogP contribution in [0.1, 0.15) is 37.0 Å². The molecule has 0 aromatic heterocycles. The molecule has 1 N–H and O–H groups in total. The molecule has 0 radical (unpaired) electrons. The van der Waals surface area contributed by atoms with Gasteiger partial charge in [-0.3, -0.25) is 9.59 Å². The van der Waals surface area contributed by atoms with Crippen molar-refractivity contribution in [2.75, 3.05) is 0 Å². The van der Waals surface area contributed by atoms with Crippen molar-refractivity contribution in [2.24, 2.45) is 0 Å². The summed E-state index contributed by atoms with van der Waals surface area (Å²) in [6.45, 7) is 4.04. The Morgan fingerprint density at radius 2 is 1.38 bits per heavy atom. The molecule has 3 rings (SSSR count). The van der Waals surface area contributed by atoms with E-state index < -0.39 is 6.04 Å². The smallest absolute Gasteiger partial charge is 0.243 e. The Bertz CT molecular complexity index is 1070. The highest BCUT2D eigenvalue weighted by atomic mass is 19.1. The fourth-order valence-corrected chi connectivity index (χ4v) is 3.66. The van der Waals surface area contributed by atoms with Gasteiger partial charge in [0.1, 0.15) is 17.7 Å². The molecule has 6 heteroatoms. The highest BCUT2D eigenvalue weighted by Gasteiger charge is 2.31. The summed E-state index contributed by atoms with van der Waals surface area (Å²) in [7, 11) is 0. The van der Waals surface area contributed by atoms with E-state index in [4.69, 9.17) is 0 Å². The van der Waals surface area contributed by atoms with Crippen molar-refractivity contribution in [2.45, 2.75) is 51.7 Å². The summed E-state index contributed by atoms with van der Waals surface area (Å²) < 4.78 is 26.8. The summed E-state index contributed by atoms with van der Waals surface area (Å²) in [5.41, 5.74) is 2.28. The van der Waals surface area contributed by atoms with Crippen LogP contribution in [0.3, 0.4) is 0 Å². The third-order valence-corrected chi connectivity index (χ3v) is 5.81. The largest absolute Gasteiger partial charge is 0.352 e. The lowest BCUT2D eigenvalue weighted by Crippen LogP contribution is -2.52. The van der Waals surface area contributed by atoms with Gasteiger partial charge in [0.15, 0.2) is 0 Å². The molecule has 34 heavy (non-hydrogen) atoms. The monoisotopic (exact) mass is 464 g/mol. The van der Waals surface area contributed by atoms with Gasteiger partial charge in [-0.05, 0) is 54.3 Å². The molecule has 2 atom stereocenters. The maximum Gasteiger partial charge on any atom is 0.243 e. The van der Waals surface area contributed by atoms with E-state index in [0.29, 0.717) is 17.5 Å². The van der Waals surface area contributed by atoms with Crippen LogP contribution >= 0.6 is 0 Å². The molecular weight excluding hydrogens is 434 g/mol. The maximum absolute atomic E-state index is 13.5. The van der Waals surface area contributed by atoms with Gasteiger partial charge in [-0.25, -0.2) is 8.78 Å². The quantitative estimate of drug-likeness (QED) is 0.456. The Labute approximate surface area is 199 Å². The van der Waals surface area contributed by atoms with Gasteiger partial charge in [0.2, 0.25) is 11.8 Å². The first-order valence-corrected chi connectivity index (χ1v) is 11.5. The molecular formula is C28H30F2N2O2. The van der Waals surface area contributed by atoms with E-state index in [1.165, 1.54) is 24.3 Å². The topological polar surface area (TPSA) is 49.4 Å². The minimum absolute atomic E-state index is 0.0172. The third-order valence-electron chi connectivity index (χ3n) is 5.81. The highest BCUT2D eigenvalue weighted by Crippen LogP contribution is 2.17. The van der Waals surface area contributed by atoms with Crippen LogP contribution in [0.4, 0.5) is 8.78 Å². The molecule has 0 heterocycles. The van der Waals surface area contributed by atoms with Crippen LogP contribution in [0.25, 0.3) is 0 Å². The van der Waals surface area contributed by atoms with E-state index in [-0.39, 0.29) is 42.5 Å². The molecule has 2 amide bonds. The van der Waals surface area contributed by atoms with E-state index in [1.54, 1.807) is 29.2 Å². The second kappa shape index (κ2) is 12.1. The van der Waals surface area contributed by atoms with Crippen molar-refractivity contribution in [3.8, 4) is 0 Å². The molecule has 178 valence electrons. The van der Waals surface area contributed by atoms with Crippen molar-refractivity contribution < 1.29 is 18.4 Å². The lowest BCUT2D eigenvalue weighted by atomic mass is 10.0. The van der Waals surface area contributed by atoms with Gasteiger partial charge in [-0.15, -0.1) is 0 Å². The predicted octanol–water partition coefficient (Wildman–Crippen LogP) is 5.06. The lowest BCUT2D eigenvalue weighted by molar-refractivity contribution is -0.141. The average molecular weight is 465 g/mol. The lowest BCUT2D eigenvalue weighted by Gasteiger charge is -2.32. The van der Waals surface area contributed by atoms with Crippen LogP contribution in [0.5, 0.6) is 0 Å². The van der Waals surface area contributed by atoms with Crippen LogP contribution in [-0.4, -0.2) is 28.8 Å². The van der Waals surface area contributed by atoms with E-state index in [1.807, 2.05) is 44.2 Å². The Hall–Kier alpha value is -3.54. The Morgan fingerprint density at radius 3 is 1.94 bits per heavy atom. The minimum atomic E-state index is -0.769. The number of nitrogens with zero attached hydrogens (tertiary/aromatic N) is 1. The van der Waals surface area contributed by atoms with Crippen molar-refractivity contribution in [3.05, 3.63) is 107 Å². The second-order valence-electron chi connectivity index (χ2n) is 8.47. The third kappa shape index (κ3) is 7.24. The van der Waals surface area contributed by atoms with Gasteiger partial charge in [0.25, 0.3) is 0 Å². The van der Waals surface area contributed by atoms with Gasteiger partial charge in [0.05, 0.1) is 6.42 Å². The molecule has 0 bridgehead atoms. The molecule has 0 saturated heterocycles. The van der Waals surface area contributed by atoms with E-state index in [9.17, 15) is 18.4 Å². The van der Waals surface area contributed by atoms with Crippen LogP contribution < -0.4 is 5.32 Å². The van der Waals surface area contributed by atoms with Gasteiger partial charge in [-0.2, -0.15) is 0 Å². The standard InChI is InChI=1S/C28H30F2N2O2/c1-3-20(2)31-28(34)26(17-21-7-5-4-6-8-21)32(19-23-11-15-25(30)16-12-23)27(33)18-22-9-13-24(29)14-10-22/h4-16,20,26H,3,17-19H2,1-2H3,(H,31,34). The Kier molecular flexibility index (Phi) is 8.91. The SMILES string of the molecule is CCC(C)NC(=O)C(Cc1ccccc1)N(Cc1ccc(F)cc1)C(=O)Cc1ccc(F)cc1. The molecule has 0 aliphatic rings. The normalized spacial score (nSPS) is 12.6. The van der Waals surface area contributed by atoms with Gasteiger partial charge >= 0.3 is 0 Å². The summed E-state index contributed by atoms with van der Waals surface area (Å²) in [6.07, 6.45) is 1.11. The summed E-state index contributed by atoms with van der Waals surface area (Å²) in [5, 5.41) is 3.01. The highest BCUT2D eigenvalue weighted by molar-refractivity contribution is 5.89. The molecule has 3 aromatic rings. The van der Waals surface area contributed by atoms with Crippen molar-refractivity contribution in [3.63, 3.8) is 0 Å². The zero-order valence-corrected chi connectivity index (χ0v) is 19.5. The predicted molar refractivity (Wildman–Crippen MR) is 129 cm³/mol. The summed E-state index contributed by atoms with van der Waals surface area (Å²) in [5.74, 6) is -1.26. The second-order valence-corrected chi connectivity index (χ2v) is 8.47. The van der Waals surface area contributed by atoms with Crippen molar-refractivity contribution in [1.29, 1.82) is 0 Å². The molecule has 3 aromatic carbocycles. The molecule has 4 nitrogen and oxygen atoms in total. The first-order chi connectivity index (χ1) is 16.4. The van der Waals surface area contributed by atoms with Crippen molar-refractivity contribution in [1.82, 2.24) is 10.2 Å². The fourth-order valence-electron chi connectivity index (χ4n) is 3.66. The Morgan fingerprint density at radius 1 is 0.824 bits per heavy atom. The molecule has 0 spiro atoms. The van der Waals surface area contributed by atoms with Crippen LogP contribution in [0.15, 0.2) is 78.9 Å². The first kappa shape index (κ1) is 25.1. The van der Waals surface area contributed by atoms with Gasteiger partial charge in [0, 0.05) is 19.0 Å². The number of benzene rings is 3. The minimum Gasteiger partial charge on any atom is -0.352 e. The molecule has 0 aliphatic heterocycles. The first-order valence-electron chi connectivity index (χ1n) is 11.5. The van der Waals surface area contributed by atoms with Gasteiger partial charge < -0.3 is 10.2 Å². The number of rotatable bonds is 10. The number of amides is 2. The summed E-state index contributed by atoms with van der Waals surface area (Å²) >= 11 is 0. The zero-order chi connectivity index (χ0) is 24.5. The number of hydrogen-bond donors (Lipinski definition) is 1. The molecule has 0 fully saturated rings. The number of hydrogen-bond acceptors (Lipinski definition) is 2. The zero-order valence-electron chi connectivity index (χ0n) is 19.5. The Balaban J connectivity index is 1.95. The molecule has 0 aliphatic carbocycles.